The van der Waals surface area contributed by atoms with Crippen molar-refractivity contribution >= 4 is 17.3 Å². The Kier molecular flexibility index (Phi) is 5.56. The number of thiophene rings is 1. The summed E-state index contributed by atoms with van der Waals surface area (Å²) in [5.41, 5.74) is 1.39. The van der Waals surface area contributed by atoms with E-state index < -0.39 is 0 Å². The van der Waals surface area contributed by atoms with Gasteiger partial charge in [-0.15, -0.1) is 0 Å². The fourth-order valence-corrected chi connectivity index (χ4v) is 4.13. The van der Waals surface area contributed by atoms with E-state index in [1.54, 1.807) is 11.3 Å². The lowest BCUT2D eigenvalue weighted by atomic mass is 9.93. The lowest BCUT2D eigenvalue weighted by Crippen LogP contribution is -2.49. The maximum Gasteiger partial charge on any atom is 0.193 e. The highest BCUT2D eigenvalue weighted by Crippen LogP contribution is 2.27. The zero-order valence-electron chi connectivity index (χ0n) is 14.7. The second kappa shape index (κ2) is 7.83. The number of likely N-dealkylation sites (tertiary alicyclic amines) is 1. The molecule has 6 heteroatoms. The third-order valence-corrected chi connectivity index (χ3v) is 5.72. The number of hydrogen-bond donors (Lipinski definition) is 1. The lowest BCUT2D eigenvalue weighted by Gasteiger charge is -2.39. The van der Waals surface area contributed by atoms with Crippen LogP contribution in [-0.4, -0.2) is 47.1 Å². The van der Waals surface area contributed by atoms with Gasteiger partial charge in [0.25, 0.3) is 0 Å². The summed E-state index contributed by atoms with van der Waals surface area (Å²) in [6.07, 6.45) is 7.03. The predicted octanol–water partition coefficient (Wildman–Crippen LogP) is 3.21. The van der Waals surface area contributed by atoms with Gasteiger partial charge >= 0.3 is 0 Å². The monoisotopic (exact) mass is 345 g/mol. The van der Waals surface area contributed by atoms with E-state index in [0.29, 0.717) is 17.9 Å². The first-order chi connectivity index (χ1) is 11.7. The minimum atomic E-state index is 0.453. The minimum absolute atomic E-state index is 0.453. The van der Waals surface area contributed by atoms with Crippen LogP contribution < -0.4 is 5.32 Å². The van der Waals surface area contributed by atoms with E-state index >= 15 is 0 Å². The van der Waals surface area contributed by atoms with Crippen LogP contribution in [0.25, 0.3) is 0 Å². The fraction of sp³-hybridized carbons (Fsp3) is 0.556. The number of aliphatic imine (C=N–C) groups is 1. The number of imidazole rings is 1. The normalized spacial score (nSPS) is 23.3. The standard InChI is InChI=1S/C18H27N5S/c1-14-4-7-22(11-17(14)23-8-6-20-13-23)18(19-3)21-10-15(2)16-5-9-24-12-16/h5-6,8-9,12-15,17H,4,7,10-11H2,1-3H3,(H,19,21). The van der Waals surface area contributed by atoms with Crippen molar-refractivity contribution in [1.29, 1.82) is 0 Å². The first kappa shape index (κ1) is 17.0. The molecule has 130 valence electrons. The van der Waals surface area contributed by atoms with E-state index in [9.17, 15) is 0 Å². The van der Waals surface area contributed by atoms with E-state index in [4.69, 9.17) is 0 Å². The van der Waals surface area contributed by atoms with Crippen molar-refractivity contribution in [3.05, 3.63) is 41.1 Å². The Labute approximate surface area is 148 Å². The Balaban J connectivity index is 1.61. The van der Waals surface area contributed by atoms with Crippen molar-refractivity contribution in [2.75, 3.05) is 26.7 Å². The highest BCUT2D eigenvalue weighted by Gasteiger charge is 2.28. The van der Waals surface area contributed by atoms with E-state index in [1.165, 1.54) is 12.0 Å². The van der Waals surface area contributed by atoms with Gasteiger partial charge in [-0.3, -0.25) is 4.99 Å². The average Bonchev–Trinajstić information content (AvgIpc) is 3.30. The minimum Gasteiger partial charge on any atom is -0.356 e. The molecule has 2 aromatic rings. The zero-order chi connectivity index (χ0) is 16.9. The molecule has 5 nitrogen and oxygen atoms in total. The van der Waals surface area contributed by atoms with Gasteiger partial charge in [0.05, 0.1) is 12.4 Å². The Morgan fingerprint density at radius 3 is 3.08 bits per heavy atom. The second-order valence-corrected chi connectivity index (χ2v) is 7.46. The van der Waals surface area contributed by atoms with Crippen molar-refractivity contribution in [2.24, 2.45) is 10.9 Å². The molecule has 0 saturated carbocycles. The molecular weight excluding hydrogens is 318 g/mol. The molecule has 1 saturated heterocycles. The first-order valence-electron chi connectivity index (χ1n) is 8.64. The van der Waals surface area contributed by atoms with Crippen molar-refractivity contribution in [2.45, 2.75) is 32.2 Å². The molecule has 2 aromatic heterocycles. The van der Waals surface area contributed by atoms with E-state index in [0.717, 1.165) is 25.6 Å². The van der Waals surface area contributed by atoms with Gasteiger partial charge in [-0.2, -0.15) is 11.3 Å². The van der Waals surface area contributed by atoms with Crippen molar-refractivity contribution < 1.29 is 0 Å². The molecule has 24 heavy (non-hydrogen) atoms. The quantitative estimate of drug-likeness (QED) is 0.684. The number of piperidine rings is 1. The summed E-state index contributed by atoms with van der Waals surface area (Å²) in [6, 6.07) is 2.66. The number of nitrogens with one attached hydrogen (secondary N) is 1. The highest BCUT2D eigenvalue weighted by molar-refractivity contribution is 7.07. The highest BCUT2D eigenvalue weighted by atomic mass is 32.1. The van der Waals surface area contributed by atoms with Gasteiger partial charge in [0, 0.05) is 39.1 Å². The second-order valence-electron chi connectivity index (χ2n) is 6.68. The fourth-order valence-electron chi connectivity index (χ4n) is 3.34. The van der Waals surface area contributed by atoms with Crippen LogP contribution in [-0.2, 0) is 0 Å². The molecule has 0 amide bonds. The molecule has 1 aliphatic rings. The van der Waals surface area contributed by atoms with E-state index in [1.807, 2.05) is 19.6 Å². The molecule has 1 N–H and O–H groups in total. The smallest absolute Gasteiger partial charge is 0.193 e. The van der Waals surface area contributed by atoms with Crippen LogP contribution in [0.2, 0.25) is 0 Å². The third-order valence-electron chi connectivity index (χ3n) is 5.02. The number of guanidine groups is 1. The SMILES string of the molecule is CN=C(NCC(C)c1ccsc1)N1CCC(C)C(n2ccnc2)C1. The zero-order valence-corrected chi connectivity index (χ0v) is 15.5. The number of aromatic nitrogens is 2. The summed E-state index contributed by atoms with van der Waals surface area (Å²) >= 11 is 1.76. The molecule has 0 aliphatic carbocycles. The van der Waals surface area contributed by atoms with Crippen molar-refractivity contribution in [1.82, 2.24) is 19.8 Å². The van der Waals surface area contributed by atoms with E-state index in [-0.39, 0.29) is 0 Å². The summed E-state index contributed by atoms with van der Waals surface area (Å²) in [5.74, 6) is 2.15. The maximum atomic E-state index is 4.51. The van der Waals surface area contributed by atoms with E-state index in [2.05, 4.69) is 61.6 Å². The molecule has 3 rings (SSSR count). The summed E-state index contributed by atoms with van der Waals surface area (Å²) < 4.78 is 2.23. The van der Waals surface area contributed by atoms with Crippen LogP contribution in [0.5, 0.6) is 0 Å². The van der Waals surface area contributed by atoms with Gasteiger partial charge in [0.2, 0.25) is 0 Å². The Hall–Kier alpha value is -1.82. The van der Waals surface area contributed by atoms with Gasteiger partial charge in [-0.25, -0.2) is 4.98 Å². The summed E-state index contributed by atoms with van der Waals surface area (Å²) in [5, 5.41) is 7.93. The summed E-state index contributed by atoms with van der Waals surface area (Å²) in [6.45, 7) is 7.53. The van der Waals surface area contributed by atoms with Crippen LogP contribution in [0.4, 0.5) is 0 Å². The maximum absolute atomic E-state index is 4.51. The van der Waals surface area contributed by atoms with Gasteiger partial charge < -0.3 is 14.8 Å². The van der Waals surface area contributed by atoms with Crippen LogP contribution in [0.1, 0.15) is 37.8 Å². The predicted molar refractivity (Wildman–Crippen MR) is 101 cm³/mol. The summed E-state index contributed by atoms with van der Waals surface area (Å²) in [7, 11) is 1.88. The number of hydrogen-bond acceptors (Lipinski definition) is 3. The molecule has 3 unspecified atom stereocenters. The molecule has 1 aliphatic heterocycles. The average molecular weight is 346 g/mol. The Morgan fingerprint density at radius 2 is 2.42 bits per heavy atom. The lowest BCUT2D eigenvalue weighted by molar-refractivity contribution is 0.189. The molecule has 0 spiro atoms. The van der Waals surface area contributed by atoms with Gasteiger partial charge in [-0.05, 0) is 40.6 Å². The van der Waals surface area contributed by atoms with Gasteiger partial charge in [0.15, 0.2) is 5.96 Å². The largest absolute Gasteiger partial charge is 0.356 e. The first-order valence-corrected chi connectivity index (χ1v) is 9.58. The van der Waals surface area contributed by atoms with Crippen molar-refractivity contribution in [3.8, 4) is 0 Å². The number of rotatable bonds is 4. The van der Waals surface area contributed by atoms with Gasteiger partial charge in [-0.1, -0.05) is 13.8 Å². The molecule has 0 bridgehead atoms. The third kappa shape index (κ3) is 3.80. The molecular formula is C18H27N5S. The Morgan fingerprint density at radius 1 is 1.54 bits per heavy atom. The number of nitrogens with zero attached hydrogens (tertiary/aromatic N) is 4. The van der Waals surface area contributed by atoms with Crippen LogP contribution in [0.15, 0.2) is 40.5 Å². The van der Waals surface area contributed by atoms with Gasteiger partial charge in [0.1, 0.15) is 0 Å². The molecule has 3 heterocycles. The molecule has 0 aromatic carbocycles. The van der Waals surface area contributed by atoms with Crippen molar-refractivity contribution in [3.63, 3.8) is 0 Å². The molecule has 0 radical (unpaired) electrons. The topological polar surface area (TPSA) is 45.5 Å². The Bertz CT molecular complexity index is 634. The van der Waals surface area contributed by atoms with Crippen LogP contribution >= 0.6 is 11.3 Å². The van der Waals surface area contributed by atoms with Crippen LogP contribution in [0, 0.1) is 5.92 Å². The molecule has 3 atom stereocenters. The summed E-state index contributed by atoms with van der Waals surface area (Å²) in [4.78, 5) is 11.1. The molecule has 1 fully saturated rings. The van der Waals surface area contributed by atoms with Crippen LogP contribution in [0.3, 0.4) is 0 Å².